The minimum absolute atomic E-state index is 0.523. The molecule has 1 aromatic heterocycles. The minimum Gasteiger partial charge on any atom is -0.496 e. The van der Waals surface area contributed by atoms with E-state index in [0.717, 1.165) is 22.3 Å². The van der Waals surface area contributed by atoms with Gasteiger partial charge in [0.1, 0.15) is 11.6 Å². The number of anilines is 1. The highest BCUT2D eigenvalue weighted by Crippen LogP contribution is 2.34. The Morgan fingerprint density at radius 2 is 2.15 bits per heavy atom. The van der Waals surface area contributed by atoms with Gasteiger partial charge in [0.05, 0.1) is 7.11 Å². The van der Waals surface area contributed by atoms with E-state index in [1.54, 1.807) is 7.11 Å². The van der Waals surface area contributed by atoms with E-state index in [4.69, 9.17) is 4.74 Å². The molecule has 1 aromatic carbocycles. The van der Waals surface area contributed by atoms with Crippen LogP contribution in [0.4, 0.5) is 5.82 Å². The first kappa shape index (κ1) is 13.6. The van der Waals surface area contributed by atoms with E-state index in [1.807, 2.05) is 36.2 Å². The molecular weight excluding hydrogens is 268 g/mol. The van der Waals surface area contributed by atoms with Crippen molar-refractivity contribution in [1.82, 2.24) is 4.98 Å². The van der Waals surface area contributed by atoms with Gasteiger partial charge in [-0.25, -0.2) is 4.98 Å². The van der Waals surface area contributed by atoms with E-state index in [-0.39, 0.29) is 0 Å². The molecule has 2 unspecified atom stereocenters. The number of hydrogen-bond donors (Lipinski definition) is 1. The average Bonchev–Trinajstić information content (AvgIpc) is 2.94. The molecule has 0 aliphatic heterocycles. The van der Waals surface area contributed by atoms with Gasteiger partial charge in [-0.15, -0.1) is 0 Å². The molecule has 1 saturated carbocycles. The number of fused-ring (bicyclic) bond motifs is 1. The van der Waals surface area contributed by atoms with Crippen LogP contribution in [0.15, 0.2) is 30.5 Å². The lowest BCUT2D eigenvalue weighted by Crippen LogP contribution is -2.26. The van der Waals surface area contributed by atoms with E-state index >= 15 is 0 Å². The van der Waals surface area contributed by atoms with Gasteiger partial charge >= 0.3 is 0 Å². The van der Waals surface area contributed by atoms with Crippen LogP contribution in [0, 0.1) is 0 Å². The maximum atomic E-state index is 5.44. The summed E-state index contributed by atoms with van der Waals surface area (Å²) in [4.78, 5) is 4.54. The molecule has 0 radical (unpaired) electrons. The Hall–Kier alpha value is -1.42. The van der Waals surface area contributed by atoms with E-state index in [2.05, 4.69) is 22.6 Å². The van der Waals surface area contributed by atoms with Crippen molar-refractivity contribution in [1.29, 1.82) is 0 Å². The molecule has 0 bridgehead atoms. The highest BCUT2D eigenvalue weighted by Gasteiger charge is 2.27. The number of benzene rings is 1. The second-order valence-electron chi connectivity index (χ2n) is 5.17. The Balaban J connectivity index is 1.95. The molecule has 2 atom stereocenters. The van der Waals surface area contributed by atoms with Crippen LogP contribution in [-0.2, 0) is 0 Å². The summed E-state index contributed by atoms with van der Waals surface area (Å²) >= 11 is 1.96. The number of aromatic nitrogens is 1. The van der Waals surface area contributed by atoms with Crippen molar-refractivity contribution in [2.24, 2.45) is 0 Å². The predicted octanol–water partition coefficient (Wildman–Crippen LogP) is 3.94. The summed E-state index contributed by atoms with van der Waals surface area (Å²) in [6.07, 6.45) is 7.89. The second-order valence-corrected chi connectivity index (χ2v) is 6.25. The number of nitrogens with one attached hydrogen (secondary N) is 1. The molecule has 3 rings (SSSR count). The molecule has 1 aliphatic rings. The van der Waals surface area contributed by atoms with Gasteiger partial charge in [-0.3, -0.25) is 0 Å². The van der Waals surface area contributed by atoms with Gasteiger partial charge in [0, 0.05) is 28.3 Å². The molecule has 0 saturated heterocycles. The molecule has 2 aromatic rings. The number of nitrogens with zero attached hydrogens (tertiary/aromatic N) is 1. The van der Waals surface area contributed by atoms with E-state index in [9.17, 15) is 0 Å². The summed E-state index contributed by atoms with van der Waals surface area (Å²) in [7, 11) is 1.71. The van der Waals surface area contributed by atoms with Crippen molar-refractivity contribution >= 4 is 28.4 Å². The summed E-state index contributed by atoms with van der Waals surface area (Å²) in [5.74, 6) is 1.88. The maximum Gasteiger partial charge on any atom is 0.134 e. The normalized spacial score (nSPS) is 22.1. The van der Waals surface area contributed by atoms with Crippen LogP contribution >= 0.6 is 11.8 Å². The van der Waals surface area contributed by atoms with Gasteiger partial charge in [0.15, 0.2) is 0 Å². The first-order valence-corrected chi connectivity index (χ1v) is 8.33. The number of pyridine rings is 1. The van der Waals surface area contributed by atoms with E-state index in [1.165, 1.54) is 19.3 Å². The third-order valence-electron chi connectivity index (χ3n) is 4.06. The third-order valence-corrected chi connectivity index (χ3v) is 5.23. The van der Waals surface area contributed by atoms with E-state index < -0.39 is 0 Å². The molecule has 1 heterocycles. The van der Waals surface area contributed by atoms with Crippen molar-refractivity contribution in [3.05, 3.63) is 30.5 Å². The molecular formula is C16H20N2OS. The minimum atomic E-state index is 0.523. The number of rotatable bonds is 4. The van der Waals surface area contributed by atoms with Crippen LogP contribution in [0.1, 0.15) is 19.3 Å². The number of hydrogen-bond acceptors (Lipinski definition) is 4. The van der Waals surface area contributed by atoms with Crippen LogP contribution in [0.2, 0.25) is 0 Å². The lowest BCUT2D eigenvalue weighted by Gasteiger charge is -2.21. The van der Waals surface area contributed by atoms with E-state index in [0.29, 0.717) is 11.3 Å². The lowest BCUT2D eigenvalue weighted by molar-refractivity contribution is 0.420. The average molecular weight is 288 g/mol. The van der Waals surface area contributed by atoms with Crippen molar-refractivity contribution in [3.63, 3.8) is 0 Å². The van der Waals surface area contributed by atoms with Crippen LogP contribution in [0.25, 0.3) is 10.8 Å². The van der Waals surface area contributed by atoms with Crippen molar-refractivity contribution < 1.29 is 4.74 Å². The zero-order chi connectivity index (χ0) is 13.9. The molecule has 4 heteroatoms. The molecule has 0 amide bonds. The van der Waals surface area contributed by atoms with Crippen molar-refractivity contribution in [2.75, 3.05) is 18.7 Å². The third kappa shape index (κ3) is 2.44. The van der Waals surface area contributed by atoms with Gasteiger partial charge in [0.25, 0.3) is 0 Å². The molecule has 106 valence electrons. The van der Waals surface area contributed by atoms with Gasteiger partial charge in [0.2, 0.25) is 0 Å². The maximum absolute atomic E-state index is 5.44. The fourth-order valence-electron chi connectivity index (χ4n) is 3.02. The van der Waals surface area contributed by atoms with Gasteiger partial charge in [-0.2, -0.15) is 11.8 Å². The fourth-order valence-corrected chi connectivity index (χ4v) is 3.96. The Kier molecular flexibility index (Phi) is 4.01. The predicted molar refractivity (Wildman–Crippen MR) is 86.9 cm³/mol. The zero-order valence-electron chi connectivity index (χ0n) is 11.9. The van der Waals surface area contributed by atoms with Crippen LogP contribution in [0.5, 0.6) is 5.75 Å². The number of thioether (sulfide) groups is 1. The van der Waals surface area contributed by atoms with Crippen LogP contribution in [0.3, 0.4) is 0 Å². The van der Waals surface area contributed by atoms with Gasteiger partial charge in [-0.1, -0.05) is 18.6 Å². The van der Waals surface area contributed by atoms with Crippen LogP contribution in [-0.4, -0.2) is 29.6 Å². The Bertz CT molecular complexity index is 602. The summed E-state index contributed by atoms with van der Waals surface area (Å²) in [6, 6.07) is 8.66. The number of ether oxygens (including phenoxy) is 1. The highest BCUT2D eigenvalue weighted by atomic mass is 32.2. The molecule has 1 aliphatic carbocycles. The van der Waals surface area contributed by atoms with Crippen molar-refractivity contribution in [3.8, 4) is 5.75 Å². The topological polar surface area (TPSA) is 34.1 Å². The molecule has 3 nitrogen and oxygen atoms in total. The van der Waals surface area contributed by atoms with Gasteiger partial charge < -0.3 is 10.1 Å². The molecule has 1 fully saturated rings. The summed E-state index contributed by atoms with van der Waals surface area (Å²) in [5.41, 5.74) is 0. The molecule has 0 spiro atoms. The Morgan fingerprint density at radius 3 is 2.95 bits per heavy atom. The zero-order valence-corrected chi connectivity index (χ0v) is 12.7. The number of methoxy groups -OCH3 is 1. The molecule has 1 N–H and O–H groups in total. The summed E-state index contributed by atoms with van der Waals surface area (Å²) in [6.45, 7) is 0. The van der Waals surface area contributed by atoms with Gasteiger partial charge in [-0.05, 0) is 31.2 Å². The standard InChI is InChI=1S/C16H20N2OS/c1-19-14-7-3-5-12-11(14)9-10-17-16(12)18-13-6-4-8-15(13)20-2/h3,5,7,9-10,13,15H,4,6,8H2,1-2H3,(H,17,18). The fraction of sp³-hybridized carbons (Fsp3) is 0.438. The smallest absolute Gasteiger partial charge is 0.134 e. The Morgan fingerprint density at radius 1 is 1.25 bits per heavy atom. The quantitative estimate of drug-likeness (QED) is 0.924. The lowest BCUT2D eigenvalue weighted by atomic mass is 10.1. The monoisotopic (exact) mass is 288 g/mol. The molecule has 20 heavy (non-hydrogen) atoms. The second kappa shape index (κ2) is 5.92. The van der Waals surface area contributed by atoms with Crippen molar-refractivity contribution in [2.45, 2.75) is 30.6 Å². The summed E-state index contributed by atoms with van der Waals surface area (Å²) in [5, 5.41) is 6.60. The van der Waals surface area contributed by atoms with Crippen LogP contribution < -0.4 is 10.1 Å². The SMILES string of the molecule is COc1cccc2c(NC3CCCC3SC)nccc12. The first-order valence-electron chi connectivity index (χ1n) is 7.04. The largest absolute Gasteiger partial charge is 0.496 e. The summed E-state index contributed by atoms with van der Waals surface area (Å²) < 4.78 is 5.44. The highest BCUT2D eigenvalue weighted by molar-refractivity contribution is 7.99. The first-order chi connectivity index (χ1) is 9.83. The Labute approximate surface area is 124 Å².